The molecule has 1 atom stereocenters. The van der Waals surface area contributed by atoms with E-state index in [0.29, 0.717) is 12.3 Å². The molecule has 2 N–H and O–H groups in total. The van der Waals surface area contributed by atoms with Crippen molar-refractivity contribution in [3.05, 3.63) is 24.3 Å². The van der Waals surface area contributed by atoms with Crippen molar-refractivity contribution in [2.75, 3.05) is 18.9 Å². The van der Waals surface area contributed by atoms with E-state index in [1.54, 1.807) is 0 Å². The maximum atomic E-state index is 5.66. The van der Waals surface area contributed by atoms with Gasteiger partial charge in [-0.1, -0.05) is 12.1 Å². The second-order valence-electron chi connectivity index (χ2n) is 2.80. The molecule has 64 valence electrons. The van der Waals surface area contributed by atoms with Crippen molar-refractivity contribution < 1.29 is 9.47 Å². The first kappa shape index (κ1) is 7.43. The topological polar surface area (TPSA) is 47.8 Å². The quantitative estimate of drug-likeness (QED) is 0.538. The molecule has 1 aliphatic rings. The molecule has 1 aromatic carbocycles. The lowest BCUT2D eigenvalue weighted by Crippen LogP contribution is -2.05. The van der Waals surface area contributed by atoms with Gasteiger partial charge in [-0.05, 0) is 12.1 Å². The molecule has 0 bridgehead atoms. The number of rotatable bonds is 3. The van der Waals surface area contributed by atoms with Crippen molar-refractivity contribution in [3.63, 3.8) is 0 Å². The summed E-state index contributed by atoms with van der Waals surface area (Å²) in [5.41, 5.74) is 6.34. The van der Waals surface area contributed by atoms with E-state index in [4.69, 9.17) is 15.2 Å². The van der Waals surface area contributed by atoms with Gasteiger partial charge in [-0.15, -0.1) is 0 Å². The Balaban J connectivity index is 1.96. The molecule has 1 heterocycles. The molecule has 1 aliphatic heterocycles. The van der Waals surface area contributed by atoms with E-state index in [2.05, 4.69) is 0 Å². The fourth-order valence-corrected chi connectivity index (χ4v) is 0.959. The molecule has 3 nitrogen and oxygen atoms in total. The van der Waals surface area contributed by atoms with Gasteiger partial charge in [0.1, 0.15) is 18.5 Å². The molecule has 2 rings (SSSR count). The highest BCUT2D eigenvalue weighted by atomic mass is 16.6. The number of anilines is 1. The van der Waals surface area contributed by atoms with Crippen LogP contribution in [-0.2, 0) is 4.74 Å². The minimum absolute atomic E-state index is 0.282. The molecule has 0 saturated carbocycles. The number of nitrogen functional groups attached to an aromatic ring is 1. The molecule has 1 fully saturated rings. The summed E-state index contributed by atoms with van der Waals surface area (Å²) >= 11 is 0. The highest BCUT2D eigenvalue weighted by Gasteiger charge is 2.23. The lowest BCUT2D eigenvalue weighted by atomic mass is 10.3. The number of ether oxygens (including phenoxy) is 2. The first-order valence-corrected chi connectivity index (χ1v) is 3.95. The van der Waals surface area contributed by atoms with Gasteiger partial charge in [0.25, 0.3) is 0 Å². The van der Waals surface area contributed by atoms with Gasteiger partial charge in [0, 0.05) is 0 Å². The number of epoxide rings is 1. The third-order valence-corrected chi connectivity index (χ3v) is 1.75. The molecule has 1 unspecified atom stereocenters. The summed E-state index contributed by atoms with van der Waals surface area (Å²) in [5.74, 6) is 0.744. The zero-order valence-electron chi connectivity index (χ0n) is 6.69. The van der Waals surface area contributed by atoms with Crippen LogP contribution in [0.2, 0.25) is 0 Å². The Bertz CT molecular complexity index is 271. The van der Waals surface area contributed by atoms with E-state index in [0.717, 1.165) is 12.4 Å². The van der Waals surface area contributed by atoms with E-state index in [-0.39, 0.29) is 6.10 Å². The number of hydrogen-bond acceptors (Lipinski definition) is 3. The minimum Gasteiger partial charge on any atom is -0.489 e. The van der Waals surface area contributed by atoms with Crippen molar-refractivity contribution in [1.29, 1.82) is 0 Å². The van der Waals surface area contributed by atoms with Crippen molar-refractivity contribution in [2.45, 2.75) is 6.10 Å². The van der Waals surface area contributed by atoms with Crippen molar-refractivity contribution in [1.82, 2.24) is 0 Å². The molecule has 0 aromatic heterocycles. The Hall–Kier alpha value is -1.22. The van der Waals surface area contributed by atoms with Gasteiger partial charge in [-0.25, -0.2) is 0 Å². The van der Waals surface area contributed by atoms with Crippen LogP contribution < -0.4 is 10.5 Å². The summed E-state index contributed by atoms with van der Waals surface area (Å²) in [5, 5.41) is 0. The SMILES string of the molecule is Nc1ccccc1OCC1CO1. The van der Waals surface area contributed by atoms with Gasteiger partial charge in [0.15, 0.2) is 0 Å². The lowest BCUT2D eigenvalue weighted by molar-refractivity contribution is 0.264. The standard InChI is InChI=1S/C9H11NO2/c10-8-3-1-2-4-9(8)12-6-7-5-11-7/h1-4,7H,5-6,10H2. The highest BCUT2D eigenvalue weighted by Crippen LogP contribution is 2.21. The molecule has 0 amide bonds. The summed E-state index contributed by atoms with van der Waals surface area (Å²) in [6, 6.07) is 7.47. The van der Waals surface area contributed by atoms with Gasteiger partial charge in [0.05, 0.1) is 12.3 Å². The van der Waals surface area contributed by atoms with Crippen LogP contribution in [0.5, 0.6) is 5.75 Å². The van der Waals surface area contributed by atoms with Crippen LogP contribution in [0, 0.1) is 0 Å². The Morgan fingerprint density at radius 3 is 2.92 bits per heavy atom. The first-order valence-electron chi connectivity index (χ1n) is 3.95. The van der Waals surface area contributed by atoms with Gasteiger partial charge < -0.3 is 15.2 Å². The normalized spacial score (nSPS) is 20.5. The van der Waals surface area contributed by atoms with E-state index in [1.165, 1.54) is 0 Å². The molecular weight excluding hydrogens is 154 g/mol. The first-order chi connectivity index (χ1) is 5.86. The van der Waals surface area contributed by atoms with Crippen LogP contribution in [0.25, 0.3) is 0 Å². The van der Waals surface area contributed by atoms with Crippen molar-refractivity contribution in [3.8, 4) is 5.75 Å². The van der Waals surface area contributed by atoms with Crippen LogP contribution in [0.3, 0.4) is 0 Å². The van der Waals surface area contributed by atoms with Crippen LogP contribution in [0.4, 0.5) is 5.69 Å². The van der Waals surface area contributed by atoms with Crippen molar-refractivity contribution >= 4 is 5.69 Å². The van der Waals surface area contributed by atoms with E-state index >= 15 is 0 Å². The average Bonchev–Trinajstić information content (AvgIpc) is 2.86. The summed E-state index contributed by atoms with van der Waals surface area (Å²) in [6.45, 7) is 1.42. The second-order valence-corrected chi connectivity index (χ2v) is 2.80. The molecule has 12 heavy (non-hydrogen) atoms. The fourth-order valence-electron chi connectivity index (χ4n) is 0.959. The zero-order chi connectivity index (χ0) is 8.39. The molecule has 3 heteroatoms. The molecule has 1 aromatic rings. The predicted molar refractivity (Wildman–Crippen MR) is 46.1 cm³/mol. The van der Waals surface area contributed by atoms with Crippen LogP contribution in [0.15, 0.2) is 24.3 Å². The fraction of sp³-hybridized carbons (Fsp3) is 0.333. The molecule has 0 spiro atoms. The molecular formula is C9H11NO2. The highest BCUT2D eigenvalue weighted by molar-refractivity contribution is 5.51. The van der Waals surface area contributed by atoms with Crippen molar-refractivity contribution in [2.24, 2.45) is 0 Å². The summed E-state index contributed by atoms with van der Waals surface area (Å²) in [7, 11) is 0. The maximum absolute atomic E-state index is 5.66. The molecule has 0 aliphatic carbocycles. The Morgan fingerprint density at radius 1 is 1.50 bits per heavy atom. The van der Waals surface area contributed by atoms with E-state index in [1.807, 2.05) is 24.3 Å². The summed E-state index contributed by atoms with van der Waals surface area (Å²) in [6.07, 6.45) is 0.282. The number of para-hydroxylation sites is 2. The number of nitrogens with two attached hydrogens (primary N) is 1. The number of hydrogen-bond donors (Lipinski definition) is 1. The zero-order valence-corrected chi connectivity index (χ0v) is 6.69. The summed E-state index contributed by atoms with van der Waals surface area (Å²) < 4.78 is 10.4. The maximum Gasteiger partial charge on any atom is 0.142 e. The smallest absolute Gasteiger partial charge is 0.142 e. The van der Waals surface area contributed by atoms with Gasteiger partial charge in [-0.2, -0.15) is 0 Å². The Morgan fingerprint density at radius 2 is 2.25 bits per heavy atom. The number of benzene rings is 1. The monoisotopic (exact) mass is 165 g/mol. The Kier molecular flexibility index (Phi) is 1.87. The minimum atomic E-state index is 0.282. The predicted octanol–water partition coefficient (Wildman–Crippen LogP) is 1.05. The average molecular weight is 165 g/mol. The second kappa shape index (κ2) is 3.03. The Labute approximate surface area is 71.1 Å². The molecule has 1 saturated heterocycles. The van der Waals surface area contributed by atoms with E-state index in [9.17, 15) is 0 Å². The van der Waals surface area contributed by atoms with Crippen LogP contribution in [-0.4, -0.2) is 19.3 Å². The van der Waals surface area contributed by atoms with Gasteiger partial charge >= 0.3 is 0 Å². The molecule has 0 radical (unpaired) electrons. The third kappa shape index (κ3) is 1.68. The lowest BCUT2D eigenvalue weighted by Gasteiger charge is -2.05. The van der Waals surface area contributed by atoms with Gasteiger partial charge in [0.2, 0.25) is 0 Å². The summed E-state index contributed by atoms with van der Waals surface area (Å²) in [4.78, 5) is 0. The largest absolute Gasteiger partial charge is 0.489 e. The van der Waals surface area contributed by atoms with E-state index < -0.39 is 0 Å². The van der Waals surface area contributed by atoms with Crippen LogP contribution in [0.1, 0.15) is 0 Å². The van der Waals surface area contributed by atoms with Crippen LogP contribution >= 0.6 is 0 Å². The third-order valence-electron chi connectivity index (χ3n) is 1.75. The van der Waals surface area contributed by atoms with Gasteiger partial charge in [-0.3, -0.25) is 0 Å².